The summed E-state index contributed by atoms with van der Waals surface area (Å²) < 4.78 is 25.8. The number of carbonyl (C=O) groups excluding carboxylic acids is 1. The van der Waals surface area contributed by atoms with E-state index in [1.807, 2.05) is 0 Å². The van der Waals surface area contributed by atoms with Gasteiger partial charge in [0.2, 0.25) is 5.91 Å². The van der Waals surface area contributed by atoms with Crippen LogP contribution in [0, 0.1) is 17.6 Å². The van der Waals surface area contributed by atoms with Crippen LogP contribution in [-0.2, 0) is 11.2 Å². The maximum atomic E-state index is 13.0. The SMILES string of the molecule is CC(C)CC(CN)NC(=O)CCCc1ccc(F)c(F)c1.Cl. The van der Waals surface area contributed by atoms with Gasteiger partial charge in [0.05, 0.1) is 0 Å². The summed E-state index contributed by atoms with van der Waals surface area (Å²) >= 11 is 0. The van der Waals surface area contributed by atoms with Crippen molar-refractivity contribution < 1.29 is 13.6 Å². The Morgan fingerprint density at radius 2 is 1.95 bits per heavy atom. The van der Waals surface area contributed by atoms with Crippen LogP contribution in [0.5, 0.6) is 0 Å². The van der Waals surface area contributed by atoms with Gasteiger partial charge in [-0.2, -0.15) is 0 Å². The van der Waals surface area contributed by atoms with Crippen molar-refractivity contribution in [3.8, 4) is 0 Å². The van der Waals surface area contributed by atoms with E-state index >= 15 is 0 Å². The highest BCUT2D eigenvalue weighted by molar-refractivity contribution is 5.85. The summed E-state index contributed by atoms with van der Waals surface area (Å²) in [6.45, 7) is 4.59. The van der Waals surface area contributed by atoms with Gasteiger partial charge in [-0.05, 0) is 42.9 Å². The number of nitrogens with two attached hydrogens (primary N) is 1. The molecule has 126 valence electrons. The molecule has 0 saturated heterocycles. The molecule has 0 bridgehead atoms. The zero-order valence-electron chi connectivity index (χ0n) is 13.1. The third-order valence-corrected chi connectivity index (χ3v) is 3.26. The van der Waals surface area contributed by atoms with Gasteiger partial charge < -0.3 is 11.1 Å². The number of hydrogen-bond acceptors (Lipinski definition) is 2. The highest BCUT2D eigenvalue weighted by Crippen LogP contribution is 2.11. The summed E-state index contributed by atoms with van der Waals surface area (Å²) in [7, 11) is 0. The van der Waals surface area contributed by atoms with Crippen molar-refractivity contribution in [2.24, 2.45) is 11.7 Å². The van der Waals surface area contributed by atoms with E-state index in [0.717, 1.165) is 12.5 Å². The number of benzene rings is 1. The van der Waals surface area contributed by atoms with Crippen LogP contribution in [-0.4, -0.2) is 18.5 Å². The standard InChI is InChI=1S/C16H24F2N2O.ClH/c1-11(2)8-13(10-19)20-16(21)5-3-4-12-6-7-14(17)15(18)9-12;/h6-7,9,11,13H,3-5,8,10,19H2,1-2H3,(H,20,21);1H. The van der Waals surface area contributed by atoms with Gasteiger partial charge >= 0.3 is 0 Å². The highest BCUT2D eigenvalue weighted by atomic mass is 35.5. The van der Waals surface area contributed by atoms with Crippen molar-refractivity contribution in [3.63, 3.8) is 0 Å². The van der Waals surface area contributed by atoms with Crippen LogP contribution in [0.1, 0.15) is 38.7 Å². The fraction of sp³-hybridized carbons (Fsp3) is 0.562. The van der Waals surface area contributed by atoms with Gasteiger partial charge in [-0.3, -0.25) is 4.79 Å². The minimum atomic E-state index is -0.851. The van der Waals surface area contributed by atoms with E-state index in [1.165, 1.54) is 12.1 Å². The molecule has 22 heavy (non-hydrogen) atoms. The summed E-state index contributed by atoms with van der Waals surface area (Å²) in [5.41, 5.74) is 6.32. The van der Waals surface area contributed by atoms with Crippen molar-refractivity contribution in [3.05, 3.63) is 35.4 Å². The number of nitrogens with one attached hydrogen (secondary N) is 1. The van der Waals surface area contributed by atoms with Crippen molar-refractivity contribution in [2.45, 2.75) is 45.6 Å². The van der Waals surface area contributed by atoms with E-state index in [2.05, 4.69) is 19.2 Å². The monoisotopic (exact) mass is 334 g/mol. The molecule has 3 N–H and O–H groups in total. The lowest BCUT2D eigenvalue weighted by Crippen LogP contribution is -2.40. The molecule has 0 aliphatic heterocycles. The fourth-order valence-electron chi connectivity index (χ4n) is 2.23. The molecule has 1 unspecified atom stereocenters. The second-order valence-corrected chi connectivity index (χ2v) is 5.73. The summed E-state index contributed by atoms with van der Waals surface area (Å²) in [6, 6.07) is 3.82. The van der Waals surface area contributed by atoms with E-state index < -0.39 is 11.6 Å². The van der Waals surface area contributed by atoms with Crippen molar-refractivity contribution >= 4 is 18.3 Å². The fourth-order valence-corrected chi connectivity index (χ4v) is 2.23. The van der Waals surface area contributed by atoms with Crippen LogP contribution in [0.4, 0.5) is 8.78 Å². The number of halogens is 3. The van der Waals surface area contributed by atoms with E-state index in [1.54, 1.807) is 0 Å². The lowest BCUT2D eigenvalue weighted by Gasteiger charge is -2.18. The lowest BCUT2D eigenvalue weighted by atomic mass is 10.0. The molecular formula is C16H25ClF2N2O. The molecule has 1 aromatic carbocycles. The number of carbonyl (C=O) groups is 1. The Hall–Kier alpha value is -1.20. The number of aryl methyl sites for hydroxylation is 1. The molecule has 0 saturated carbocycles. The smallest absolute Gasteiger partial charge is 0.220 e. The van der Waals surface area contributed by atoms with Gasteiger partial charge in [0.15, 0.2) is 11.6 Å². The molecule has 0 aliphatic carbocycles. The van der Waals surface area contributed by atoms with Crippen molar-refractivity contribution in [1.29, 1.82) is 0 Å². The molecule has 0 fully saturated rings. The Labute approximate surface area is 137 Å². The molecule has 3 nitrogen and oxygen atoms in total. The average molecular weight is 335 g/mol. The maximum Gasteiger partial charge on any atom is 0.220 e. The average Bonchev–Trinajstić information content (AvgIpc) is 2.41. The largest absolute Gasteiger partial charge is 0.352 e. The van der Waals surface area contributed by atoms with Crippen LogP contribution >= 0.6 is 12.4 Å². The molecule has 6 heteroatoms. The molecule has 1 aromatic rings. The van der Waals surface area contributed by atoms with Crippen LogP contribution in [0.15, 0.2) is 18.2 Å². The van der Waals surface area contributed by atoms with Crippen molar-refractivity contribution in [2.75, 3.05) is 6.54 Å². The first-order valence-corrected chi connectivity index (χ1v) is 7.35. The molecular weight excluding hydrogens is 310 g/mol. The zero-order chi connectivity index (χ0) is 15.8. The van der Waals surface area contributed by atoms with Gasteiger partial charge in [0.1, 0.15) is 0 Å². The predicted octanol–water partition coefficient (Wildman–Crippen LogP) is 3.20. The molecule has 1 atom stereocenters. The van der Waals surface area contributed by atoms with E-state index in [4.69, 9.17) is 5.73 Å². The first kappa shape index (κ1) is 20.8. The van der Waals surface area contributed by atoms with Gasteiger partial charge in [0, 0.05) is 19.0 Å². The number of rotatable bonds is 8. The van der Waals surface area contributed by atoms with E-state index in [-0.39, 0.29) is 24.4 Å². The van der Waals surface area contributed by atoms with Crippen molar-refractivity contribution in [1.82, 2.24) is 5.32 Å². The third kappa shape index (κ3) is 7.71. The summed E-state index contributed by atoms with van der Waals surface area (Å²) in [6.07, 6.45) is 2.34. The predicted molar refractivity (Wildman–Crippen MR) is 87.0 cm³/mol. The Morgan fingerprint density at radius 1 is 1.27 bits per heavy atom. The van der Waals surface area contributed by atoms with Crippen LogP contribution in [0.3, 0.4) is 0 Å². The molecule has 0 spiro atoms. The number of hydrogen-bond donors (Lipinski definition) is 2. The molecule has 1 rings (SSSR count). The molecule has 1 amide bonds. The Bertz CT molecular complexity index is 469. The first-order chi connectivity index (χ1) is 9.92. The maximum absolute atomic E-state index is 13.0. The lowest BCUT2D eigenvalue weighted by molar-refractivity contribution is -0.121. The minimum absolute atomic E-state index is 0. The highest BCUT2D eigenvalue weighted by Gasteiger charge is 2.12. The molecule has 0 aromatic heterocycles. The topological polar surface area (TPSA) is 55.1 Å². The second-order valence-electron chi connectivity index (χ2n) is 5.73. The Balaban J connectivity index is 0.00000441. The Morgan fingerprint density at radius 3 is 2.50 bits per heavy atom. The quantitative estimate of drug-likeness (QED) is 0.767. The normalized spacial score (nSPS) is 11.9. The summed E-state index contributed by atoms with van der Waals surface area (Å²) in [4.78, 5) is 11.8. The summed E-state index contributed by atoms with van der Waals surface area (Å²) in [5, 5.41) is 2.91. The summed E-state index contributed by atoms with van der Waals surface area (Å²) in [5.74, 6) is -1.28. The number of amides is 1. The van der Waals surface area contributed by atoms with Gasteiger partial charge in [-0.1, -0.05) is 19.9 Å². The molecule has 0 heterocycles. The van der Waals surface area contributed by atoms with Gasteiger partial charge in [-0.15, -0.1) is 12.4 Å². The van der Waals surface area contributed by atoms with Gasteiger partial charge in [-0.25, -0.2) is 8.78 Å². The minimum Gasteiger partial charge on any atom is -0.352 e. The third-order valence-electron chi connectivity index (χ3n) is 3.26. The van der Waals surface area contributed by atoms with E-state index in [0.29, 0.717) is 37.3 Å². The van der Waals surface area contributed by atoms with Crippen LogP contribution < -0.4 is 11.1 Å². The van der Waals surface area contributed by atoms with Gasteiger partial charge in [0.25, 0.3) is 0 Å². The van der Waals surface area contributed by atoms with Crippen LogP contribution in [0.25, 0.3) is 0 Å². The second kappa shape index (κ2) is 10.5. The molecule has 0 aliphatic rings. The Kier molecular flexibility index (Phi) is 9.94. The van der Waals surface area contributed by atoms with Crippen LogP contribution in [0.2, 0.25) is 0 Å². The zero-order valence-corrected chi connectivity index (χ0v) is 13.9. The molecule has 0 radical (unpaired) electrons. The first-order valence-electron chi connectivity index (χ1n) is 7.35. The van der Waals surface area contributed by atoms with E-state index in [9.17, 15) is 13.6 Å².